The summed E-state index contributed by atoms with van der Waals surface area (Å²) in [6.45, 7) is 8.22. The van der Waals surface area contributed by atoms with Crippen molar-refractivity contribution in [2.45, 2.75) is 13.3 Å². The van der Waals surface area contributed by atoms with Gasteiger partial charge in [0.15, 0.2) is 0 Å². The average molecular weight is 407 g/mol. The van der Waals surface area contributed by atoms with E-state index < -0.39 is 0 Å². The highest BCUT2D eigenvalue weighted by molar-refractivity contribution is 5.95. The zero-order valence-corrected chi connectivity index (χ0v) is 17.9. The molecule has 0 atom stereocenters. The van der Waals surface area contributed by atoms with Gasteiger partial charge in [0.25, 0.3) is 5.91 Å². The minimum Gasteiger partial charge on any atom is -0.351 e. The maximum Gasteiger partial charge on any atom is 0.251 e. The highest BCUT2D eigenvalue weighted by Crippen LogP contribution is 2.32. The first-order chi connectivity index (χ1) is 14.5. The first kappa shape index (κ1) is 20.6. The number of carbonyl (C=O) groups is 2. The molecule has 1 saturated heterocycles. The summed E-state index contributed by atoms with van der Waals surface area (Å²) in [5, 5.41) is 3.03. The van der Waals surface area contributed by atoms with Crippen LogP contribution in [0.3, 0.4) is 0 Å². The molecule has 0 spiro atoms. The Balaban J connectivity index is 1.34. The van der Waals surface area contributed by atoms with Gasteiger partial charge in [0, 0.05) is 64.0 Å². The lowest BCUT2D eigenvalue weighted by Gasteiger charge is -2.32. The summed E-state index contributed by atoms with van der Waals surface area (Å²) >= 11 is 0. The second-order valence-corrected chi connectivity index (χ2v) is 8.24. The quantitative estimate of drug-likeness (QED) is 0.828. The number of hydrogen-bond donors (Lipinski definition) is 1. The Morgan fingerprint density at radius 1 is 0.933 bits per heavy atom. The fraction of sp³-hybridized carbons (Fsp3) is 0.417. The first-order valence-electron chi connectivity index (χ1n) is 10.7. The van der Waals surface area contributed by atoms with Crippen LogP contribution in [-0.4, -0.2) is 74.5 Å². The molecule has 30 heavy (non-hydrogen) atoms. The molecule has 0 unspecified atom stereocenters. The smallest absolute Gasteiger partial charge is 0.251 e. The molecule has 6 nitrogen and oxygen atoms in total. The van der Waals surface area contributed by atoms with E-state index in [1.165, 1.54) is 5.56 Å². The van der Waals surface area contributed by atoms with Crippen molar-refractivity contribution in [2.75, 3.05) is 57.8 Å². The van der Waals surface area contributed by atoms with Crippen LogP contribution in [0, 0.1) is 0 Å². The van der Waals surface area contributed by atoms with E-state index in [0.29, 0.717) is 12.1 Å². The number of nitrogens with zero attached hydrogens (tertiary/aromatic N) is 3. The minimum absolute atomic E-state index is 0.0262. The number of carbonyl (C=O) groups excluding carboxylic acids is 2. The number of likely N-dealkylation sites (N-methyl/N-ethyl adjacent to an activating group) is 1. The van der Waals surface area contributed by atoms with E-state index in [2.05, 4.69) is 28.2 Å². The van der Waals surface area contributed by atoms with Crippen molar-refractivity contribution in [2.24, 2.45) is 0 Å². The highest BCUT2D eigenvalue weighted by Gasteiger charge is 2.22. The van der Waals surface area contributed by atoms with E-state index in [4.69, 9.17) is 0 Å². The largest absolute Gasteiger partial charge is 0.351 e. The monoisotopic (exact) mass is 406 g/mol. The fourth-order valence-electron chi connectivity index (χ4n) is 4.22. The van der Waals surface area contributed by atoms with Crippen LogP contribution in [0.15, 0.2) is 42.5 Å². The second-order valence-electron chi connectivity index (χ2n) is 8.24. The van der Waals surface area contributed by atoms with Crippen LogP contribution in [-0.2, 0) is 11.2 Å². The first-order valence-corrected chi connectivity index (χ1v) is 10.7. The number of benzene rings is 2. The van der Waals surface area contributed by atoms with Crippen molar-refractivity contribution in [3.8, 4) is 11.1 Å². The number of nitrogens with one attached hydrogen (secondary N) is 1. The van der Waals surface area contributed by atoms with Gasteiger partial charge in [-0.3, -0.25) is 14.5 Å². The molecule has 2 aliphatic rings. The lowest BCUT2D eigenvalue weighted by Crippen LogP contribution is -2.46. The van der Waals surface area contributed by atoms with Gasteiger partial charge in [-0.25, -0.2) is 0 Å². The summed E-state index contributed by atoms with van der Waals surface area (Å²) in [6.07, 6.45) is 0.885. The number of piperazine rings is 1. The Morgan fingerprint density at radius 3 is 2.33 bits per heavy atom. The van der Waals surface area contributed by atoms with E-state index in [-0.39, 0.29) is 11.8 Å². The summed E-state index contributed by atoms with van der Waals surface area (Å²) in [5.41, 5.74) is 5.09. The molecular weight excluding hydrogens is 376 g/mol. The van der Waals surface area contributed by atoms with Gasteiger partial charge in [0.1, 0.15) is 0 Å². The number of amides is 2. The molecule has 1 fully saturated rings. The topological polar surface area (TPSA) is 55.9 Å². The maximum absolute atomic E-state index is 12.5. The molecule has 1 N–H and O–H groups in total. The summed E-state index contributed by atoms with van der Waals surface area (Å²) in [6, 6.07) is 14.0. The summed E-state index contributed by atoms with van der Waals surface area (Å²) in [4.78, 5) is 30.7. The van der Waals surface area contributed by atoms with E-state index >= 15 is 0 Å². The Labute approximate surface area is 178 Å². The summed E-state index contributed by atoms with van der Waals surface area (Å²) in [7, 11) is 2.15. The standard InChI is InChI=1S/C24H30N4O2/c1-18(29)28-11-9-22-17-21(7-8-23(22)28)19-3-5-20(6-4-19)24(30)25-10-12-27-15-13-26(2)14-16-27/h3-8,17H,9-16H2,1-2H3,(H,25,30). The molecule has 2 aliphatic heterocycles. The molecule has 2 aromatic rings. The van der Waals surface area contributed by atoms with Crippen LogP contribution in [0.1, 0.15) is 22.8 Å². The lowest BCUT2D eigenvalue weighted by atomic mass is 10.0. The Kier molecular flexibility index (Phi) is 6.16. The summed E-state index contributed by atoms with van der Waals surface area (Å²) in [5.74, 6) is 0.0613. The van der Waals surface area contributed by atoms with E-state index in [0.717, 1.165) is 62.5 Å². The van der Waals surface area contributed by atoms with Crippen LogP contribution in [0.2, 0.25) is 0 Å². The third-order valence-electron chi connectivity index (χ3n) is 6.15. The predicted molar refractivity (Wildman–Crippen MR) is 120 cm³/mol. The van der Waals surface area contributed by atoms with Crippen LogP contribution in [0.25, 0.3) is 11.1 Å². The van der Waals surface area contributed by atoms with E-state index in [1.807, 2.05) is 41.3 Å². The molecular formula is C24H30N4O2. The zero-order chi connectivity index (χ0) is 21.1. The fourth-order valence-corrected chi connectivity index (χ4v) is 4.22. The van der Waals surface area contributed by atoms with Gasteiger partial charge in [-0.1, -0.05) is 18.2 Å². The molecule has 0 saturated carbocycles. The minimum atomic E-state index is -0.0262. The molecule has 2 amide bonds. The number of anilines is 1. The van der Waals surface area contributed by atoms with Gasteiger partial charge < -0.3 is 15.1 Å². The van der Waals surface area contributed by atoms with Crippen molar-refractivity contribution < 1.29 is 9.59 Å². The number of hydrogen-bond acceptors (Lipinski definition) is 4. The van der Waals surface area contributed by atoms with Crippen LogP contribution in [0.4, 0.5) is 5.69 Å². The Hall–Kier alpha value is -2.70. The predicted octanol–water partition coefficient (Wildman–Crippen LogP) is 2.24. The van der Waals surface area contributed by atoms with Gasteiger partial charge in [-0.15, -0.1) is 0 Å². The molecule has 0 bridgehead atoms. The molecule has 2 heterocycles. The van der Waals surface area contributed by atoms with Crippen molar-refractivity contribution in [1.82, 2.24) is 15.1 Å². The van der Waals surface area contributed by atoms with Gasteiger partial charge >= 0.3 is 0 Å². The van der Waals surface area contributed by atoms with Crippen LogP contribution >= 0.6 is 0 Å². The number of rotatable bonds is 5. The zero-order valence-electron chi connectivity index (χ0n) is 17.9. The highest BCUT2D eigenvalue weighted by atomic mass is 16.2. The second kappa shape index (κ2) is 8.98. The van der Waals surface area contributed by atoms with Crippen LogP contribution < -0.4 is 10.2 Å². The molecule has 2 aromatic carbocycles. The van der Waals surface area contributed by atoms with Gasteiger partial charge in [-0.2, -0.15) is 0 Å². The van der Waals surface area contributed by atoms with Crippen LogP contribution in [0.5, 0.6) is 0 Å². The molecule has 4 rings (SSSR count). The van der Waals surface area contributed by atoms with Gasteiger partial charge in [0.2, 0.25) is 5.91 Å². The molecule has 0 aromatic heterocycles. The van der Waals surface area contributed by atoms with E-state index in [9.17, 15) is 9.59 Å². The molecule has 158 valence electrons. The average Bonchev–Trinajstić information content (AvgIpc) is 3.19. The third-order valence-corrected chi connectivity index (χ3v) is 6.15. The van der Waals surface area contributed by atoms with E-state index in [1.54, 1.807) is 6.92 Å². The van der Waals surface area contributed by atoms with Gasteiger partial charge in [0.05, 0.1) is 0 Å². The number of fused-ring (bicyclic) bond motifs is 1. The normalized spacial score (nSPS) is 17.1. The Bertz CT molecular complexity index is 917. The third kappa shape index (κ3) is 4.55. The molecule has 6 heteroatoms. The van der Waals surface area contributed by atoms with Crippen molar-refractivity contribution in [3.63, 3.8) is 0 Å². The molecule has 0 aliphatic carbocycles. The van der Waals surface area contributed by atoms with Crippen molar-refractivity contribution in [3.05, 3.63) is 53.6 Å². The van der Waals surface area contributed by atoms with Gasteiger partial charge in [-0.05, 0) is 54.4 Å². The van der Waals surface area contributed by atoms with Crippen molar-refractivity contribution in [1.29, 1.82) is 0 Å². The van der Waals surface area contributed by atoms with Crippen molar-refractivity contribution >= 4 is 17.5 Å². The maximum atomic E-state index is 12.5. The lowest BCUT2D eigenvalue weighted by molar-refractivity contribution is -0.116. The molecule has 0 radical (unpaired) electrons. The Morgan fingerprint density at radius 2 is 1.63 bits per heavy atom. The SMILES string of the molecule is CC(=O)N1CCc2cc(-c3ccc(C(=O)NCCN4CCN(C)CC4)cc3)ccc21. The summed E-state index contributed by atoms with van der Waals surface area (Å²) < 4.78 is 0.